The van der Waals surface area contributed by atoms with E-state index in [9.17, 15) is 9.18 Å². The van der Waals surface area contributed by atoms with Gasteiger partial charge in [0.05, 0.1) is 6.10 Å². The first kappa shape index (κ1) is 23.7. The molecule has 0 saturated carbocycles. The van der Waals surface area contributed by atoms with Crippen molar-refractivity contribution in [2.24, 2.45) is 0 Å². The molecular weight excluding hydrogens is 469 g/mol. The summed E-state index contributed by atoms with van der Waals surface area (Å²) < 4.78 is 31.9. The lowest BCUT2D eigenvalue weighted by Gasteiger charge is -2.29. The molecule has 5 rings (SSSR count). The molecule has 1 aromatic heterocycles. The number of thiazole rings is 1. The van der Waals surface area contributed by atoms with Crippen LogP contribution in [0.4, 0.5) is 9.52 Å². The summed E-state index contributed by atoms with van der Waals surface area (Å²) >= 11 is 1.38. The van der Waals surface area contributed by atoms with Crippen molar-refractivity contribution in [3.05, 3.63) is 64.9 Å². The van der Waals surface area contributed by atoms with Gasteiger partial charge < -0.3 is 24.8 Å². The minimum Gasteiger partial charge on any atom is -0.487 e. The van der Waals surface area contributed by atoms with Crippen LogP contribution in [0.5, 0.6) is 17.2 Å². The second-order valence-corrected chi connectivity index (χ2v) is 9.60. The van der Waals surface area contributed by atoms with Crippen LogP contribution < -0.4 is 20.1 Å². The van der Waals surface area contributed by atoms with E-state index in [4.69, 9.17) is 14.2 Å². The third-order valence-corrected chi connectivity index (χ3v) is 6.85. The quantitative estimate of drug-likeness (QED) is 0.443. The summed E-state index contributed by atoms with van der Waals surface area (Å²) in [6.45, 7) is 1.93. The lowest BCUT2D eigenvalue weighted by molar-refractivity contribution is -0.116. The summed E-state index contributed by atoms with van der Waals surface area (Å²) in [5.74, 6) is 0.962. The first-order valence-corrected chi connectivity index (χ1v) is 12.8. The number of fused-ring (bicyclic) bond motifs is 1. The van der Waals surface area contributed by atoms with Gasteiger partial charge in [0, 0.05) is 36.7 Å². The predicted octanol–water partition coefficient (Wildman–Crippen LogP) is 5.24. The molecule has 2 aliphatic rings. The monoisotopic (exact) mass is 497 g/mol. The van der Waals surface area contributed by atoms with Crippen LogP contribution in [0.1, 0.15) is 42.9 Å². The number of halogens is 1. The number of anilines is 1. The Hall–Kier alpha value is -3.01. The molecule has 184 valence electrons. The molecule has 0 spiro atoms. The Labute approximate surface area is 207 Å². The van der Waals surface area contributed by atoms with E-state index in [1.807, 2.05) is 17.5 Å². The maximum Gasteiger partial charge on any atom is 0.228 e. The number of benzene rings is 2. The molecule has 0 bridgehead atoms. The molecule has 2 aromatic carbocycles. The Bertz CT molecular complexity index is 1150. The molecule has 1 saturated heterocycles. The van der Waals surface area contributed by atoms with Gasteiger partial charge in [0.2, 0.25) is 5.91 Å². The van der Waals surface area contributed by atoms with Crippen molar-refractivity contribution in [3.63, 3.8) is 0 Å². The summed E-state index contributed by atoms with van der Waals surface area (Å²) in [6, 6.07) is 9.72. The van der Waals surface area contributed by atoms with Gasteiger partial charge in [-0.3, -0.25) is 4.79 Å². The summed E-state index contributed by atoms with van der Waals surface area (Å²) in [7, 11) is 0. The zero-order chi connectivity index (χ0) is 24.0. The average molecular weight is 498 g/mol. The van der Waals surface area contributed by atoms with Gasteiger partial charge in [-0.15, -0.1) is 11.3 Å². The zero-order valence-electron chi connectivity index (χ0n) is 19.3. The van der Waals surface area contributed by atoms with E-state index >= 15 is 0 Å². The largest absolute Gasteiger partial charge is 0.487 e. The van der Waals surface area contributed by atoms with Crippen molar-refractivity contribution in [2.45, 2.75) is 44.2 Å². The number of rotatable bonds is 8. The number of carbonyl (C=O) groups is 1. The van der Waals surface area contributed by atoms with Gasteiger partial charge in [0.1, 0.15) is 18.2 Å². The van der Waals surface area contributed by atoms with E-state index in [-0.39, 0.29) is 30.3 Å². The maximum atomic E-state index is 13.8. The first-order chi connectivity index (χ1) is 17.1. The fourth-order valence-electron chi connectivity index (χ4n) is 4.44. The van der Waals surface area contributed by atoms with Crippen molar-refractivity contribution in [2.75, 3.05) is 25.1 Å². The van der Waals surface area contributed by atoms with E-state index < -0.39 is 0 Å². The van der Waals surface area contributed by atoms with Crippen molar-refractivity contribution in [1.29, 1.82) is 0 Å². The maximum absolute atomic E-state index is 13.8. The number of nitrogens with zero attached hydrogens (tertiary/aromatic N) is 1. The molecule has 1 amide bonds. The Morgan fingerprint density at radius 3 is 3.00 bits per heavy atom. The predicted molar refractivity (Wildman–Crippen MR) is 132 cm³/mol. The van der Waals surface area contributed by atoms with Gasteiger partial charge in [-0.1, -0.05) is 6.07 Å². The van der Waals surface area contributed by atoms with Gasteiger partial charge in [-0.05, 0) is 67.6 Å². The average Bonchev–Trinajstić information content (AvgIpc) is 3.37. The molecule has 7 nitrogen and oxygen atoms in total. The number of aromatic nitrogens is 1. The second kappa shape index (κ2) is 11.2. The summed E-state index contributed by atoms with van der Waals surface area (Å²) in [6.07, 6.45) is 5.93. The number of hydrogen-bond donors (Lipinski definition) is 2. The Balaban J connectivity index is 1.39. The molecule has 2 unspecified atom stereocenters. The normalized spacial score (nSPS) is 19.6. The van der Waals surface area contributed by atoms with Gasteiger partial charge >= 0.3 is 0 Å². The number of carbonyl (C=O) groups excluding carboxylic acids is 1. The molecule has 0 radical (unpaired) electrons. The van der Waals surface area contributed by atoms with E-state index in [0.29, 0.717) is 29.0 Å². The van der Waals surface area contributed by atoms with E-state index in [1.54, 1.807) is 18.3 Å². The van der Waals surface area contributed by atoms with Crippen LogP contribution in [0, 0.1) is 5.82 Å². The lowest BCUT2D eigenvalue weighted by Crippen LogP contribution is -2.33. The van der Waals surface area contributed by atoms with Crippen LogP contribution in [0.2, 0.25) is 0 Å². The Morgan fingerprint density at radius 2 is 2.20 bits per heavy atom. The highest BCUT2D eigenvalue weighted by Gasteiger charge is 2.26. The molecule has 2 atom stereocenters. The van der Waals surface area contributed by atoms with Crippen LogP contribution in [-0.4, -0.2) is 36.8 Å². The van der Waals surface area contributed by atoms with Crippen molar-refractivity contribution in [1.82, 2.24) is 10.3 Å². The van der Waals surface area contributed by atoms with E-state index in [0.717, 1.165) is 50.0 Å². The molecule has 35 heavy (non-hydrogen) atoms. The smallest absolute Gasteiger partial charge is 0.228 e. The van der Waals surface area contributed by atoms with Crippen molar-refractivity contribution >= 4 is 22.4 Å². The second-order valence-electron chi connectivity index (χ2n) is 8.70. The van der Waals surface area contributed by atoms with Gasteiger partial charge in [-0.2, -0.15) is 0 Å². The lowest BCUT2D eigenvalue weighted by atomic mass is 9.91. The first-order valence-electron chi connectivity index (χ1n) is 11.9. The van der Waals surface area contributed by atoms with Crippen LogP contribution in [0.25, 0.3) is 0 Å². The van der Waals surface area contributed by atoms with Crippen LogP contribution in [0.15, 0.2) is 48.0 Å². The fourth-order valence-corrected chi connectivity index (χ4v) is 4.99. The fraction of sp³-hybridized carbons (Fsp3) is 0.385. The van der Waals surface area contributed by atoms with Crippen LogP contribution >= 0.6 is 11.3 Å². The van der Waals surface area contributed by atoms with Crippen LogP contribution in [-0.2, 0) is 16.0 Å². The van der Waals surface area contributed by atoms with Gasteiger partial charge in [0.15, 0.2) is 16.6 Å². The molecular formula is C26H28FN3O4S. The van der Waals surface area contributed by atoms with Crippen molar-refractivity contribution in [3.8, 4) is 17.2 Å². The number of nitrogens with one attached hydrogen (secondary N) is 2. The summed E-state index contributed by atoms with van der Waals surface area (Å²) in [4.78, 5) is 16.8. The number of hydrogen-bond acceptors (Lipinski definition) is 7. The van der Waals surface area contributed by atoms with Gasteiger partial charge in [-0.25, -0.2) is 9.37 Å². The SMILES string of the molecule is O=C(CC1NCCc2cc(OCC3CCCCO3)c(Oc3cccc(F)c3)cc21)Nc1nccs1. The highest BCUT2D eigenvalue weighted by molar-refractivity contribution is 7.13. The zero-order valence-corrected chi connectivity index (χ0v) is 20.1. The van der Waals surface area contributed by atoms with Crippen LogP contribution in [0.3, 0.4) is 0 Å². The van der Waals surface area contributed by atoms with Gasteiger partial charge in [0.25, 0.3) is 0 Å². The van der Waals surface area contributed by atoms with E-state index in [2.05, 4.69) is 15.6 Å². The molecule has 9 heteroatoms. The summed E-state index contributed by atoms with van der Waals surface area (Å²) in [5, 5.41) is 8.68. The Morgan fingerprint density at radius 1 is 1.26 bits per heavy atom. The summed E-state index contributed by atoms with van der Waals surface area (Å²) in [5.41, 5.74) is 2.07. The molecule has 0 aliphatic carbocycles. The molecule has 2 N–H and O–H groups in total. The van der Waals surface area contributed by atoms with Crippen molar-refractivity contribution < 1.29 is 23.4 Å². The highest BCUT2D eigenvalue weighted by Crippen LogP contribution is 2.39. The highest BCUT2D eigenvalue weighted by atomic mass is 32.1. The number of ether oxygens (including phenoxy) is 3. The minimum atomic E-state index is -0.378. The minimum absolute atomic E-state index is 0.0470. The molecule has 3 heterocycles. The third-order valence-electron chi connectivity index (χ3n) is 6.16. The van der Waals surface area contributed by atoms with E-state index in [1.165, 1.54) is 23.5 Å². The Kier molecular flexibility index (Phi) is 7.56. The third kappa shape index (κ3) is 6.17. The molecule has 1 fully saturated rings. The number of amides is 1. The topological polar surface area (TPSA) is 81.7 Å². The standard InChI is InChI=1S/C26H28FN3O4S/c27-18-4-3-6-19(13-18)34-24-14-21-17(12-23(24)33-16-20-5-1-2-10-32-20)7-8-28-22(21)15-25(31)30-26-29-9-11-35-26/h3-4,6,9,11-14,20,22,28H,1-2,5,7-8,10,15-16H2,(H,29,30,31). The molecule has 3 aromatic rings. The molecule has 2 aliphatic heterocycles.